The second-order valence-corrected chi connectivity index (χ2v) is 10.8. The van der Waals surface area contributed by atoms with Crippen LogP contribution in [0.3, 0.4) is 0 Å². The molecule has 0 spiro atoms. The zero-order chi connectivity index (χ0) is 25.7. The van der Waals surface area contributed by atoms with E-state index in [1.807, 2.05) is 85.1 Å². The summed E-state index contributed by atoms with van der Waals surface area (Å²) < 4.78 is 31.9. The summed E-state index contributed by atoms with van der Waals surface area (Å²) in [6, 6.07) is 23.9. The molecule has 0 saturated carbocycles. The van der Waals surface area contributed by atoms with E-state index in [4.69, 9.17) is 5.73 Å². The van der Waals surface area contributed by atoms with Gasteiger partial charge in [0.25, 0.3) is 10.0 Å². The zero-order valence-corrected chi connectivity index (χ0v) is 21.1. The molecule has 0 aliphatic carbocycles. The lowest BCUT2D eigenvalue weighted by Crippen LogP contribution is -2.20. The molecule has 184 valence electrons. The second-order valence-electron chi connectivity index (χ2n) is 8.98. The average Bonchev–Trinajstić information content (AvgIpc) is 3.50. The van der Waals surface area contributed by atoms with Crippen LogP contribution in [0.25, 0.3) is 33.2 Å². The molecule has 6 aromatic rings. The van der Waals surface area contributed by atoms with Gasteiger partial charge in [-0.2, -0.15) is 0 Å². The van der Waals surface area contributed by atoms with E-state index < -0.39 is 16.1 Å². The van der Waals surface area contributed by atoms with Crippen molar-refractivity contribution in [3.63, 3.8) is 0 Å². The van der Waals surface area contributed by atoms with E-state index in [1.54, 1.807) is 18.5 Å². The van der Waals surface area contributed by atoms with Gasteiger partial charge in [-0.15, -0.1) is 0 Å². The standard InChI is InChI=1S/C28H24N6O2S/c1-18-12-14-21(15-13-18)37(35,36)34-23-11-7-6-10-22(23)24(20-8-4-3-5-9-20)26(34)19(2)33-17-32-25-27(29)30-16-31-28(25)33/h3-17,19H,1-2H3,(H2,29,30,31). The highest BCUT2D eigenvalue weighted by molar-refractivity contribution is 7.90. The van der Waals surface area contributed by atoms with Gasteiger partial charge in [-0.1, -0.05) is 66.2 Å². The quantitative estimate of drug-likeness (QED) is 0.343. The minimum atomic E-state index is -3.97. The number of nitrogens with zero attached hydrogens (tertiary/aromatic N) is 5. The van der Waals surface area contributed by atoms with E-state index in [-0.39, 0.29) is 10.7 Å². The molecule has 6 rings (SSSR count). The summed E-state index contributed by atoms with van der Waals surface area (Å²) in [5.74, 6) is 0.270. The predicted octanol–water partition coefficient (Wildman–Crippen LogP) is 5.18. The molecule has 1 atom stereocenters. The maximum Gasteiger partial charge on any atom is 0.268 e. The molecular formula is C28H24N6O2S. The smallest absolute Gasteiger partial charge is 0.268 e. The third kappa shape index (κ3) is 3.58. The number of fused-ring (bicyclic) bond motifs is 2. The predicted molar refractivity (Wildman–Crippen MR) is 145 cm³/mol. The van der Waals surface area contributed by atoms with E-state index in [2.05, 4.69) is 15.0 Å². The summed E-state index contributed by atoms with van der Waals surface area (Å²) in [5, 5.41) is 0.838. The highest BCUT2D eigenvalue weighted by Crippen LogP contribution is 2.41. The van der Waals surface area contributed by atoms with Crippen molar-refractivity contribution in [3.8, 4) is 11.1 Å². The lowest BCUT2D eigenvalue weighted by Gasteiger charge is -2.20. The molecule has 0 bridgehead atoms. The van der Waals surface area contributed by atoms with E-state index in [1.165, 1.54) is 10.3 Å². The molecule has 3 heterocycles. The Hall–Kier alpha value is -4.50. The van der Waals surface area contributed by atoms with Crippen LogP contribution in [0.1, 0.15) is 24.2 Å². The normalized spacial score (nSPS) is 12.8. The Morgan fingerprint density at radius 3 is 2.32 bits per heavy atom. The van der Waals surface area contributed by atoms with Crippen LogP contribution in [0.2, 0.25) is 0 Å². The van der Waals surface area contributed by atoms with Gasteiger partial charge in [0.1, 0.15) is 11.8 Å². The molecule has 37 heavy (non-hydrogen) atoms. The fraction of sp³-hybridized carbons (Fsp3) is 0.107. The van der Waals surface area contributed by atoms with Crippen LogP contribution >= 0.6 is 0 Å². The Balaban J connectivity index is 1.73. The Morgan fingerprint density at radius 1 is 0.865 bits per heavy atom. The van der Waals surface area contributed by atoms with Crippen molar-refractivity contribution >= 4 is 37.9 Å². The number of nitrogens with two attached hydrogens (primary N) is 1. The number of benzene rings is 3. The lowest BCUT2D eigenvalue weighted by atomic mass is 9.99. The minimum Gasteiger partial charge on any atom is -0.382 e. The Bertz CT molecular complexity index is 1870. The van der Waals surface area contributed by atoms with Crippen molar-refractivity contribution in [1.82, 2.24) is 23.5 Å². The first-order valence-electron chi connectivity index (χ1n) is 11.8. The molecule has 3 aromatic carbocycles. The number of rotatable bonds is 5. The lowest BCUT2D eigenvalue weighted by molar-refractivity contribution is 0.576. The largest absolute Gasteiger partial charge is 0.382 e. The third-order valence-corrected chi connectivity index (χ3v) is 8.43. The molecule has 9 heteroatoms. The van der Waals surface area contributed by atoms with Crippen LogP contribution < -0.4 is 5.73 Å². The van der Waals surface area contributed by atoms with Gasteiger partial charge in [-0.25, -0.2) is 27.3 Å². The maximum absolute atomic E-state index is 14.3. The molecule has 1 unspecified atom stereocenters. The Morgan fingerprint density at radius 2 is 1.57 bits per heavy atom. The summed E-state index contributed by atoms with van der Waals surface area (Å²) in [6.07, 6.45) is 3.02. The number of anilines is 1. The number of aromatic nitrogens is 5. The van der Waals surface area contributed by atoms with Crippen molar-refractivity contribution in [2.24, 2.45) is 0 Å². The van der Waals surface area contributed by atoms with Gasteiger partial charge < -0.3 is 10.3 Å². The number of para-hydroxylation sites is 1. The van der Waals surface area contributed by atoms with Crippen LogP contribution in [0.15, 0.2) is 96.4 Å². The molecule has 0 aliphatic rings. The second kappa shape index (κ2) is 8.56. The highest BCUT2D eigenvalue weighted by Gasteiger charge is 2.31. The number of aryl methyl sites for hydroxylation is 1. The fourth-order valence-corrected chi connectivity index (χ4v) is 6.49. The van der Waals surface area contributed by atoms with Crippen LogP contribution in [0.4, 0.5) is 5.82 Å². The first-order valence-corrected chi connectivity index (χ1v) is 13.3. The van der Waals surface area contributed by atoms with E-state index in [0.29, 0.717) is 22.4 Å². The molecule has 8 nitrogen and oxygen atoms in total. The van der Waals surface area contributed by atoms with Gasteiger partial charge >= 0.3 is 0 Å². The number of hydrogen-bond acceptors (Lipinski definition) is 6. The van der Waals surface area contributed by atoms with Crippen molar-refractivity contribution in [2.45, 2.75) is 24.8 Å². The van der Waals surface area contributed by atoms with Crippen molar-refractivity contribution in [3.05, 3.63) is 103 Å². The van der Waals surface area contributed by atoms with Crippen molar-refractivity contribution < 1.29 is 8.42 Å². The molecule has 0 aliphatic heterocycles. The summed E-state index contributed by atoms with van der Waals surface area (Å²) in [6.45, 7) is 3.88. The molecular weight excluding hydrogens is 484 g/mol. The van der Waals surface area contributed by atoms with Gasteiger partial charge in [-0.05, 0) is 37.6 Å². The maximum atomic E-state index is 14.3. The summed E-state index contributed by atoms with van der Waals surface area (Å²) in [4.78, 5) is 13.1. The zero-order valence-electron chi connectivity index (χ0n) is 20.3. The van der Waals surface area contributed by atoms with Crippen LogP contribution in [0.5, 0.6) is 0 Å². The third-order valence-electron chi connectivity index (χ3n) is 6.69. The molecule has 0 amide bonds. The topological polar surface area (TPSA) is 109 Å². The average molecular weight is 509 g/mol. The van der Waals surface area contributed by atoms with Gasteiger partial charge in [0.15, 0.2) is 11.5 Å². The van der Waals surface area contributed by atoms with E-state index >= 15 is 0 Å². The van der Waals surface area contributed by atoms with Crippen LogP contribution in [-0.2, 0) is 10.0 Å². The fourth-order valence-electron chi connectivity index (χ4n) is 4.88. The number of hydrogen-bond donors (Lipinski definition) is 1. The first-order chi connectivity index (χ1) is 17.9. The highest BCUT2D eigenvalue weighted by atomic mass is 32.2. The van der Waals surface area contributed by atoms with Crippen molar-refractivity contribution in [1.29, 1.82) is 0 Å². The SMILES string of the molecule is Cc1ccc(S(=O)(=O)n2c(C(C)n3cnc4c(N)ncnc43)c(-c3ccccc3)c3ccccc32)cc1. The Labute approximate surface area is 214 Å². The molecule has 0 fully saturated rings. The van der Waals surface area contributed by atoms with Gasteiger partial charge in [0, 0.05) is 10.9 Å². The summed E-state index contributed by atoms with van der Waals surface area (Å²) in [7, 11) is -3.97. The molecule has 0 radical (unpaired) electrons. The molecule has 0 saturated heterocycles. The summed E-state index contributed by atoms with van der Waals surface area (Å²) >= 11 is 0. The van der Waals surface area contributed by atoms with Crippen LogP contribution in [0, 0.1) is 6.92 Å². The molecule has 2 N–H and O–H groups in total. The number of imidazole rings is 1. The number of nitrogen functional groups attached to an aromatic ring is 1. The molecule has 3 aromatic heterocycles. The van der Waals surface area contributed by atoms with Gasteiger partial charge in [0.2, 0.25) is 0 Å². The van der Waals surface area contributed by atoms with E-state index in [9.17, 15) is 8.42 Å². The van der Waals surface area contributed by atoms with Gasteiger partial charge in [-0.3, -0.25) is 0 Å². The van der Waals surface area contributed by atoms with Crippen molar-refractivity contribution in [2.75, 3.05) is 5.73 Å². The summed E-state index contributed by atoms with van der Waals surface area (Å²) in [5.41, 5.74) is 11.0. The Kier molecular flexibility index (Phi) is 5.31. The first kappa shape index (κ1) is 22.9. The minimum absolute atomic E-state index is 0.217. The monoisotopic (exact) mass is 508 g/mol. The van der Waals surface area contributed by atoms with Gasteiger partial charge in [0.05, 0.1) is 28.5 Å². The van der Waals surface area contributed by atoms with Crippen LogP contribution in [-0.4, -0.2) is 31.9 Å². The van der Waals surface area contributed by atoms with E-state index in [0.717, 1.165) is 22.1 Å².